The third kappa shape index (κ3) is 4.84. The number of para-hydroxylation sites is 1. The fraction of sp³-hybridized carbons (Fsp3) is 0.429. The summed E-state index contributed by atoms with van der Waals surface area (Å²) in [6.07, 6.45) is 4.96. The van der Waals surface area contributed by atoms with E-state index in [0.29, 0.717) is 0 Å². The minimum absolute atomic E-state index is 0.0230. The van der Waals surface area contributed by atoms with E-state index in [0.717, 1.165) is 18.5 Å². The standard InChI is InChI=1S/C14H19F2NO/c1-3-4-7-10-17-11(2)12-8-5-6-9-13(12)18-14(15)16/h3-6,8-9,11,14,17H,7,10H2,1-2H3/b4-3+. The first kappa shape index (κ1) is 14.6. The summed E-state index contributed by atoms with van der Waals surface area (Å²) in [5, 5.41) is 3.27. The number of hydrogen-bond donors (Lipinski definition) is 1. The van der Waals surface area contributed by atoms with Crippen LogP contribution in [0.1, 0.15) is 31.9 Å². The molecule has 0 aliphatic rings. The predicted octanol–water partition coefficient (Wildman–Crippen LogP) is 3.90. The number of benzene rings is 1. The monoisotopic (exact) mass is 255 g/mol. The Hall–Kier alpha value is -1.42. The van der Waals surface area contributed by atoms with Gasteiger partial charge in [-0.25, -0.2) is 0 Å². The van der Waals surface area contributed by atoms with Crippen molar-refractivity contribution in [3.63, 3.8) is 0 Å². The SMILES string of the molecule is C/C=C/CCNC(C)c1ccccc1OC(F)F. The highest BCUT2D eigenvalue weighted by Crippen LogP contribution is 2.26. The zero-order valence-corrected chi connectivity index (χ0v) is 10.7. The van der Waals surface area contributed by atoms with Gasteiger partial charge in [0.2, 0.25) is 0 Å². The quantitative estimate of drug-likeness (QED) is 0.589. The van der Waals surface area contributed by atoms with E-state index in [-0.39, 0.29) is 11.8 Å². The lowest BCUT2D eigenvalue weighted by atomic mass is 10.1. The van der Waals surface area contributed by atoms with Crippen LogP contribution < -0.4 is 10.1 Å². The third-order valence-corrected chi connectivity index (χ3v) is 2.60. The Morgan fingerprint density at radius 2 is 2.06 bits per heavy atom. The van der Waals surface area contributed by atoms with E-state index >= 15 is 0 Å². The van der Waals surface area contributed by atoms with Crippen molar-refractivity contribution < 1.29 is 13.5 Å². The molecule has 0 saturated heterocycles. The lowest BCUT2D eigenvalue weighted by Gasteiger charge is -2.17. The third-order valence-electron chi connectivity index (χ3n) is 2.60. The van der Waals surface area contributed by atoms with E-state index in [4.69, 9.17) is 0 Å². The number of hydrogen-bond acceptors (Lipinski definition) is 2. The Morgan fingerprint density at radius 1 is 1.33 bits per heavy atom. The fourth-order valence-electron chi connectivity index (χ4n) is 1.70. The Balaban J connectivity index is 2.63. The number of allylic oxidation sites excluding steroid dienone is 1. The second kappa shape index (κ2) is 7.82. The molecule has 0 heterocycles. The zero-order valence-electron chi connectivity index (χ0n) is 10.7. The van der Waals surface area contributed by atoms with E-state index in [2.05, 4.69) is 16.1 Å². The van der Waals surface area contributed by atoms with Crippen molar-refractivity contribution >= 4 is 0 Å². The molecule has 0 spiro atoms. The van der Waals surface area contributed by atoms with Crippen molar-refractivity contribution in [3.8, 4) is 5.75 Å². The first-order valence-corrected chi connectivity index (χ1v) is 6.03. The molecule has 0 aromatic heterocycles. The summed E-state index contributed by atoms with van der Waals surface area (Å²) in [6, 6.07) is 6.84. The smallest absolute Gasteiger partial charge is 0.387 e. The van der Waals surface area contributed by atoms with Crippen LogP contribution in [0.5, 0.6) is 5.75 Å². The van der Waals surface area contributed by atoms with Gasteiger partial charge in [-0.2, -0.15) is 8.78 Å². The van der Waals surface area contributed by atoms with Crippen LogP contribution in [0.4, 0.5) is 8.78 Å². The molecule has 0 amide bonds. The van der Waals surface area contributed by atoms with Crippen LogP contribution in [0.2, 0.25) is 0 Å². The summed E-state index contributed by atoms with van der Waals surface area (Å²) in [6.45, 7) is 1.91. The molecular formula is C14H19F2NO. The molecule has 1 aromatic carbocycles. The van der Waals surface area contributed by atoms with Crippen LogP contribution in [-0.4, -0.2) is 13.2 Å². The summed E-state index contributed by atoms with van der Waals surface area (Å²) in [5.74, 6) is 0.235. The molecule has 2 nitrogen and oxygen atoms in total. The van der Waals surface area contributed by atoms with Gasteiger partial charge in [-0.1, -0.05) is 30.4 Å². The molecule has 1 rings (SSSR count). The maximum atomic E-state index is 12.3. The number of ether oxygens (including phenoxy) is 1. The van der Waals surface area contributed by atoms with Gasteiger partial charge in [-0.05, 0) is 32.9 Å². The summed E-state index contributed by atoms with van der Waals surface area (Å²) in [7, 11) is 0. The number of alkyl halides is 2. The second-order valence-electron chi connectivity index (χ2n) is 3.95. The molecule has 1 aromatic rings. The molecule has 0 radical (unpaired) electrons. The van der Waals surface area contributed by atoms with Crippen molar-refractivity contribution in [1.82, 2.24) is 5.32 Å². The Bertz CT molecular complexity index is 380. The van der Waals surface area contributed by atoms with Gasteiger partial charge >= 0.3 is 6.61 Å². The molecule has 0 saturated carbocycles. The summed E-state index contributed by atoms with van der Waals surface area (Å²) < 4.78 is 29.0. The van der Waals surface area contributed by atoms with Crippen LogP contribution in [0.3, 0.4) is 0 Å². The zero-order chi connectivity index (χ0) is 13.4. The van der Waals surface area contributed by atoms with Crippen molar-refractivity contribution in [3.05, 3.63) is 42.0 Å². The highest BCUT2D eigenvalue weighted by Gasteiger charge is 2.13. The molecule has 1 unspecified atom stereocenters. The first-order valence-electron chi connectivity index (χ1n) is 6.03. The van der Waals surface area contributed by atoms with E-state index in [1.165, 1.54) is 0 Å². The van der Waals surface area contributed by atoms with Crippen molar-refractivity contribution in [2.45, 2.75) is 32.9 Å². The second-order valence-corrected chi connectivity index (χ2v) is 3.95. The van der Waals surface area contributed by atoms with Crippen LogP contribution in [0.25, 0.3) is 0 Å². The van der Waals surface area contributed by atoms with Gasteiger partial charge in [0, 0.05) is 11.6 Å². The lowest BCUT2D eigenvalue weighted by molar-refractivity contribution is -0.0506. The largest absolute Gasteiger partial charge is 0.434 e. The highest BCUT2D eigenvalue weighted by molar-refractivity contribution is 5.35. The van der Waals surface area contributed by atoms with Crippen molar-refractivity contribution in [2.24, 2.45) is 0 Å². The van der Waals surface area contributed by atoms with E-state index in [1.807, 2.05) is 26.0 Å². The Labute approximate surface area is 107 Å². The lowest BCUT2D eigenvalue weighted by Crippen LogP contribution is -2.20. The summed E-state index contributed by atoms with van der Waals surface area (Å²) >= 11 is 0. The van der Waals surface area contributed by atoms with Gasteiger partial charge in [0.25, 0.3) is 0 Å². The first-order chi connectivity index (χ1) is 8.65. The summed E-state index contributed by atoms with van der Waals surface area (Å²) in [4.78, 5) is 0. The average molecular weight is 255 g/mol. The molecule has 1 atom stereocenters. The van der Waals surface area contributed by atoms with Crippen LogP contribution >= 0.6 is 0 Å². The Morgan fingerprint density at radius 3 is 2.72 bits per heavy atom. The van der Waals surface area contributed by atoms with Crippen LogP contribution in [-0.2, 0) is 0 Å². The molecule has 0 bridgehead atoms. The maximum absolute atomic E-state index is 12.3. The number of halogens is 2. The Kier molecular flexibility index (Phi) is 6.36. The molecule has 4 heteroatoms. The van der Waals surface area contributed by atoms with Gasteiger partial charge in [-0.15, -0.1) is 0 Å². The van der Waals surface area contributed by atoms with Gasteiger partial charge in [0.15, 0.2) is 0 Å². The molecule has 1 N–H and O–H groups in total. The van der Waals surface area contributed by atoms with Gasteiger partial charge in [0.1, 0.15) is 5.75 Å². The predicted molar refractivity (Wildman–Crippen MR) is 68.9 cm³/mol. The number of rotatable bonds is 7. The van der Waals surface area contributed by atoms with Crippen LogP contribution in [0, 0.1) is 0 Å². The van der Waals surface area contributed by atoms with Gasteiger partial charge in [0.05, 0.1) is 0 Å². The van der Waals surface area contributed by atoms with E-state index < -0.39 is 6.61 Å². The van der Waals surface area contributed by atoms with Crippen molar-refractivity contribution in [1.29, 1.82) is 0 Å². The van der Waals surface area contributed by atoms with E-state index in [1.54, 1.807) is 18.2 Å². The van der Waals surface area contributed by atoms with E-state index in [9.17, 15) is 8.78 Å². The fourth-order valence-corrected chi connectivity index (χ4v) is 1.70. The molecule has 18 heavy (non-hydrogen) atoms. The molecule has 100 valence electrons. The summed E-state index contributed by atoms with van der Waals surface area (Å²) in [5.41, 5.74) is 0.748. The van der Waals surface area contributed by atoms with Gasteiger partial charge < -0.3 is 10.1 Å². The molecule has 0 aliphatic heterocycles. The molecular weight excluding hydrogens is 236 g/mol. The number of nitrogens with one attached hydrogen (secondary N) is 1. The topological polar surface area (TPSA) is 21.3 Å². The normalized spacial score (nSPS) is 13.2. The maximum Gasteiger partial charge on any atom is 0.387 e. The highest BCUT2D eigenvalue weighted by atomic mass is 19.3. The minimum atomic E-state index is -2.79. The van der Waals surface area contributed by atoms with Crippen molar-refractivity contribution in [2.75, 3.05) is 6.54 Å². The van der Waals surface area contributed by atoms with Crippen LogP contribution in [0.15, 0.2) is 36.4 Å². The average Bonchev–Trinajstić information content (AvgIpc) is 2.34. The molecule has 0 aliphatic carbocycles. The van der Waals surface area contributed by atoms with Gasteiger partial charge in [-0.3, -0.25) is 0 Å². The minimum Gasteiger partial charge on any atom is -0.434 e. The molecule has 0 fully saturated rings.